The molecule has 0 fully saturated rings. The fraction of sp³-hybridized carbons (Fsp3) is 0.0612. The molecule has 0 unspecified atom stereocenters. The van der Waals surface area contributed by atoms with Gasteiger partial charge in [-0.3, -0.25) is 0 Å². The van der Waals surface area contributed by atoms with Crippen LogP contribution in [0.25, 0.3) is 83.6 Å². The van der Waals surface area contributed by atoms with E-state index in [-0.39, 0.29) is 5.41 Å². The molecule has 1 aliphatic carbocycles. The summed E-state index contributed by atoms with van der Waals surface area (Å²) in [6.07, 6.45) is 0. The molecule has 0 saturated heterocycles. The molecule has 0 saturated carbocycles. The second-order valence-electron chi connectivity index (χ2n) is 14.3. The normalized spacial score (nSPS) is 13.0. The van der Waals surface area contributed by atoms with Gasteiger partial charge in [-0.2, -0.15) is 0 Å². The van der Waals surface area contributed by atoms with E-state index in [0.717, 1.165) is 39.3 Å². The lowest BCUT2D eigenvalue weighted by Gasteiger charge is -2.21. The van der Waals surface area contributed by atoms with Crippen molar-refractivity contribution in [1.29, 1.82) is 0 Å². The number of hydrogen-bond donors (Lipinski definition) is 0. The quantitative estimate of drug-likeness (QED) is 0.183. The third kappa shape index (κ3) is 4.81. The Bertz CT molecular complexity index is 2740. The van der Waals surface area contributed by atoms with Gasteiger partial charge >= 0.3 is 0 Å². The SMILES string of the molecule is CC1(C)c2ccccc2-c2cc(-c3ccc4c(c3)c3ccc(-c5nc(-c6ccccc6)cc(-c6ccccc6)n5)cc3n4-c3ccccc3)ccc21. The molecule has 0 spiro atoms. The van der Waals surface area contributed by atoms with Crippen LogP contribution in [-0.4, -0.2) is 14.5 Å². The van der Waals surface area contributed by atoms with Crippen molar-refractivity contribution in [3.05, 3.63) is 187 Å². The van der Waals surface area contributed by atoms with Crippen LogP contribution in [0.3, 0.4) is 0 Å². The van der Waals surface area contributed by atoms with Crippen molar-refractivity contribution in [2.45, 2.75) is 19.3 Å². The molecule has 0 N–H and O–H groups in total. The fourth-order valence-corrected chi connectivity index (χ4v) is 8.18. The van der Waals surface area contributed by atoms with E-state index in [4.69, 9.17) is 9.97 Å². The van der Waals surface area contributed by atoms with Crippen molar-refractivity contribution >= 4 is 21.8 Å². The summed E-state index contributed by atoms with van der Waals surface area (Å²) in [5, 5.41) is 2.41. The number of rotatable bonds is 5. The Hall–Kier alpha value is -6.58. The standard InChI is InChI=1S/C49H35N3/c1-49(2)42-21-13-12-20-38(42)40-28-34(23-26-43(40)49)35-24-27-46-41(29-35)39-25-22-36(30-47(39)52(46)37-18-10-5-11-19-37)48-50-44(32-14-6-3-7-15-32)31-45(51-48)33-16-8-4-9-17-33/h3-31H,1-2H3. The highest BCUT2D eigenvalue weighted by Crippen LogP contribution is 2.49. The Morgan fingerprint density at radius 2 is 0.981 bits per heavy atom. The van der Waals surface area contributed by atoms with Crippen LogP contribution in [0.1, 0.15) is 25.0 Å². The minimum atomic E-state index is -0.0125. The van der Waals surface area contributed by atoms with Gasteiger partial charge in [0.05, 0.1) is 22.4 Å². The molecule has 3 nitrogen and oxygen atoms in total. The van der Waals surface area contributed by atoms with Crippen LogP contribution >= 0.6 is 0 Å². The lowest BCUT2D eigenvalue weighted by atomic mass is 9.82. The van der Waals surface area contributed by atoms with Crippen molar-refractivity contribution in [2.75, 3.05) is 0 Å². The van der Waals surface area contributed by atoms with Gasteiger partial charge in [0.15, 0.2) is 5.82 Å². The first-order valence-electron chi connectivity index (χ1n) is 17.9. The molecule has 52 heavy (non-hydrogen) atoms. The van der Waals surface area contributed by atoms with Gasteiger partial charge in [-0.15, -0.1) is 0 Å². The van der Waals surface area contributed by atoms with Gasteiger partial charge in [0.2, 0.25) is 0 Å². The Morgan fingerprint density at radius 1 is 0.404 bits per heavy atom. The third-order valence-corrected chi connectivity index (χ3v) is 10.8. The van der Waals surface area contributed by atoms with Gasteiger partial charge in [0.25, 0.3) is 0 Å². The van der Waals surface area contributed by atoms with Crippen LogP contribution in [-0.2, 0) is 5.41 Å². The van der Waals surface area contributed by atoms with Gasteiger partial charge in [0, 0.05) is 38.6 Å². The summed E-state index contributed by atoms with van der Waals surface area (Å²) in [5.74, 6) is 0.703. The molecule has 2 heterocycles. The first-order valence-corrected chi connectivity index (χ1v) is 17.9. The van der Waals surface area contributed by atoms with Gasteiger partial charge in [-0.25, -0.2) is 9.97 Å². The zero-order valence-electron chi connectivity index (χ0n) is 29.1. The van der Waals surface area contributed by atoms with E-state index in [1.54, 1.807) is 0 Å². The van der Waals surface area contributed by atoms with E-state index in [2.05, 4.69) is 182 Å². The van der Waals surface area contributed by atoms with Crippen LogP contribution in [0, 0.1) is 0 Å². The summed E-state index contributed by atoms with van der Waals surface area (Å²) in [6, 6.07) is 62.9. The van der Waals surface area contributed by atoms with Crippen LogP contribution in [0.2, 0.25) is 0 Å². The fourth-order valence-electron chi connectivity index (χ4n) is 8.18. The summed E-state index contributed by atoms with van der Waals surface area (Å²) < 4.78 is 2.37. The minimum absolute atomic E-state index is 0.0125. The van der Waals surface area contributed by atoms with Crippen molar-refractivity contribution < 1.29 is 0 Å². The zero-order chi connectivity index (χ0) is 34.8. The summed E-state index contributed by atoms with van der Waals surface area (Å²) in [6.45, 7) is 4.67. The smallest absolute Gasteiger partial charge is 0.160 e. The molecular weight excluding hydrogens is 631 g/mol. The molecule has 2 aromatic heterocycles. The molecule has 7 aromatic carbocycles. The summed E-state index contributed by atoms with van der Waals surface area (Å²) in [5.41, 5.74) is 16.2. The average Bonchev–Trinajstić information content (AvgIpc) is 3.66. The summed E-state index contributed by atoms with van der Waals surface area (Å²) >= 11 is 0. The first kappa shape index (κ1) is 30.3. The zero-order valence-corrected chi connectivity index (χ0v) is 29.1. The minimum Gasteiger partial charge on any atom is -0.309 e. The van der Waals surface area contributed by atoms with E-state index >= 15 is 0 Å². The van der Waals surface area contributed by atoms with E-state index < -0.39 is 0 Å². The van der Waals surface area contributed by atoms with E-state index in [9.17, 15) is 0 Å². The highest BCUT2D eigenvalue weighted by Gasteiger charge is 2.35. The maximum Gasteiger partial charge on any atom is 0.160 e. The molecule has 0 atom stereocenters. The number of hydrogen-bond acceptors (Lipinski definition) is 2. The highest BCUT2D eigenvalue weighted by molar-refractivity contribution is 6.11. The van der Waals surface area contributed by atoms with Gasteiger partial charge in [-0.1, -0.05) is 147 Å². The predicted molar refractivity (Wildman–Crippen MR) is 216 cm³/mol. The van der Waals surface area contributed by atoms with Gasteiger partial charge in [-0.05, 0) is 75.8 Å². The predicted octanol–water partition coefficient (Wildman–Crippen LogP) is 12.5. The molecule has 0 bridgehead atoms. The molecule has 10 rings (SSSR count). The Labute approximate surface area is 303 Å². The van der Waals surface area contributed by atoms with E-state index in [1.807, 2.05) is 12.1 Å². The number of benzene rings is 7. The Balaban J connectivity index is 1.16. The first-order chi connectivity index (χ1) is 25.5. The number of para-hydroxylation sites is 1. The molecule has 1 aliphatic rings. The van der Waals surface area contributed by atoms with E-state index in [0.29, 0.717) is 5.82 Å². The monoisotopic (exact) mass is 665 g/mol. The lowest BCUT2D eigenvalue weighted by molar-refractivity contribution is 0.660. The summed E-state index contributed by atoms with van der Waals surface area (Å²) in [4.78, 5) is 10.3. The molecule has 0 aliphatic heterocycles. The number of fused-ring (bicyclic) bond motifs is 6. The number of aromatic nitrogens is 3. The molecule has 0 amide bonds. The Morgan fingerprint density at radius 3 is 1.69 bits per heavy atom. The van der Waals surface area contributed by atoms with Crippen LogP contribution < -0.4 is 0 Å². The van der Waals surface area contributed by atoms with Crippen LogP contribution in [0.15, 0.2) is 176 Å². The molecule has 3 heteroatoms. The van der Waals surface area contributed by atoms with Crippen LogP contribution in [0.4, 0.5) is 0 Å². The maximum absolute atomic E-state index is 5.15. The van der Waals surface area contributed by atoms with Crippen LogP contribution in [0.5, 0.6) is 0 Å². The molecule has 9 aromatic rings. The largest absolute Gasteiger partial charge is 0.309 e. The third-order valence-electron chi connectivity index (χ3n) is 10.8. The van der Waals surface area contributed by atoms with Crippen molar-refractivity contribution in [2.24, 2.45) is 0 Å². The van der Waals surface area contributed by atoms with Crippen molar-refractivity contribution in [1.82, 2.24) is 14.5 Å². The molecular formula is C49H35N3. The second-order valence-corrected chi connectivity index (χ2v) is 14.3. The Kier molecular flexibility index (Phi) is 6.84. The lowest BCUT2D eigenvalue weighted by Crippen LogP contribution is -2.14. The topological polar surface area (TPSA) is 30.7 Å². The van der Waals surface area contributed by atoms with Crippen molar-refractivity contribution in [3.63, 3.8) is 0 Å². The van der Waals surface area contributed by atoms with Gasteiger partial charge in [0.1, 0.15) is 0 Å². The highest BCUT2D eigenvalue weighted by atomic mass is 15.0. The number of nitrogens with zero attached hydrogens (tertiary/aromatic N) is 3. The second kappa shape index (κ2) is 11.8. The van der Waals surface area contributed by atoms with E-state index in [1.165, 1.54) is 49.7 Å². The maximum atomic E-state index is 5.15. The average molecular weight is 666 g/mol. The molecule has 0 radical (unpaired) electrons. The summed E-state index contributed by atoms with van der Waals surface area (Å²) in [7, 11) is 0. The molecule has 246 valence electrons. The van der Waals surface area contributed by atoms with Gasteiger partial charge < -0.3 is 4.57 Å². The van der Waals surface area contributed by atoms with Crippen molar-refractivity contribution in [3.8, 4) is 61.8 Å².